The van der Waals surface area contributed by atoms with E-state index in [2.05, 4.69) is 23.5 Å². The first-order valence-electron chi connectivity index (χ1n) is 8.70. The minimum absolute atomic E-state index is 0.0229. The standard InChI is InChI=1S/C18H26N2O3S/c1-3-24(22,23)20-10-8-18(9-11-20)13-14(12-17(21)19-2)15-6-4-5-7-16(15)18/h4-7,14H,3,8-13H2,1-2H3,(H,19,21)/t14-/m1/s1. The van der Waals surface area contributed by atoms with Crippen LogP contribution < -0.4 is 5.32 Å². The van der Waals surface area contributed by atoms with Crippen LogP contribution in [0, 0.1) is 0 Å². The van der Waals surface area contributed by atoms with Gasteiger partial charge in [0.05, 0.1) is 5.75 Å². The van der Waals surface area contributed by atoms with Gasteiger partial charge in [-0.15, -0.1) is 0 Å². The van der Waals surface area contributed by atoms with E-state index >= 15 is 0 Å². The topological polar surface area (TPSA) is 66.5 Å². The lowest BCUT2D eigenvalue weighted by atomic mass is 9.73. The molecule has 1 atom stereocenters. The molecule has 1 aromatic carbocycles. The first-order chi connectivity index (χ1) is 11.4. The predicted octanol–water partition coefficient (Wildman–Crippen LogP) is 1.99. The monoisotopic (exact) mass is 350 g/mol. The lowest BCUT2D eigenvalue weighted by Gasteiger charge is -2.39. The van der Waals surface area contributed by atoms with Gasteiger partial charge in [0.15, 0.2) is 0 Å². The quantitative estimate of drug-likeness (QED) is 0.903. The smallest absolute Gasteiger partial charge is 0.220 e. The van der Waals surface area contributed by atoms with Crippen LogP contribution in [0.1, 0.15) is 49.7 Å². The maximum Gasteiger partial charge on any atom is 0.220 e. The molecule has 1 amide bonds. The van der Waals surface area contributed by atoms with E-state index in [9.17, 15) is 13.2 Å². The lowest BCUT2D eigenvalue weighted by molar-refractivity contribution is -0.121. The molecule has 2 aliphatic rings. The highest BCUT2D eigenvalue weighted by molar-refractivity contribution is 7.89. The van der Waals surface area contributed by atoms with Crippen molar-refractivity contribution in [3.63, 3.8) is 0 Å². The number of hydrogen-bond acceptors (Lipinski definition) is 3. The molecule has 1 aliphatic carbocycles. The molecule has 1 N–H and O–H groups in total. The van der Waals surface area contributed by atoms with Crippen molar-refractivity contribution in [3.05, 3.63) is 35.4 Å². The van der Waals surface area contributed by atoms with Crippen molar-refractivity contribution in [1.82, 2.24) is 9.62 Å². The maximum atomic E-state index is 12.1. The van der Waals surface area contributed by atoms with Crippen LogP contribution in [0.4, 0.5) is 0 Å². The summed E-state index contributed by atoms with van der Waals surface area (Å²) in [6.45, 7) is 2.86. The molecule has 24 heavy (non-hydrogen) atoms. The van der Waals surface area contributed by atoms with Gasteiger partial charge < -0.3 is 5.32 Å². The summed E-state index contributed by atoms with van der Waals surface area (Å²) in [4.78, 5) is 11.9. The van der Waals surface area contributed by atoms with E-state index in [1.165, 1.54) is 11.1 Å². The normalized spacial score (nSPS) is 23.2. The number of sulfonamides is 1. The molecule has 0 unspecified atom stereocenters. The van der Waals surface area contributed by atoms with Crippen LogP contribution >= 0.6 is 0 Å². The number of carbonyl (C=O) groups is 1. The molecule has 0 bridgehead atoms. The number of benzene rings is 1. The van der Waals surface area contributed by atoms with Crippen LogP contribution in [-0.2, 0) is 20.2 Å². The molecule has 6 heteroatoms. The third-order valence-corrected chi connectivity index (χ3v) is 7.64. The minimum atomic E-state index is -3.11. The molecule has 1 saturated heterocycles. The van der Waals surface area contributed by atoms with Gasteiger partial charge in [-0.05, 0) is 48.6 Å². The largest absolute Gasteiger partial charge is 0.359 e. The van der Waals surface area contributed by atoms with Crippen molar-refractivity contribution < 1.29 is 13.2 Å². The van der Waals surface area contributed by atoms with Crippen LogP contribution in [0.5, 0.6) is 0 Å². The highest BCUT2D eigenvalue weighted by Crippen LogP contribution is 2.52. The fraction of sp³-hybridized carbons (Fsp3) is 0.611. The van der Waals surface area contributed by atoms with E-state index in [0.29, 0.717) is 19.5 Å². The van der Waals surface area contributed by atoms with Gasteiger partial charge in [0, 0.05) is 26.6 Å². The van der Waals surface area contributed by atoms with E-state index in [1.54, 1.807) is 18.3 Å². The summed E-state index contributed by atoms with van der Waals surface area (Å²) in [5, 5.41) is 2.72. The number of rotatable bonds is 4. The third kappa shape index (κ3) is 2.97. The van der Waals surface area contributed by atoms with E-state index < -0.39 is 10.0 Å². The highest BCUT2D eigenvalue weighted by atomic mass is 32.2. The Kier molecular flexibility index (Phi) is 4.71. The Morgan fingerprint density at radius 3 is 2.58 bits per heavy atom. The number of fused-ring (bicyclic) bond motifs is 2. The molecule has 132 valence electrons. The van der Waals surface area contributed by atoms with Crippen LogP contribution in [0.3, 0.4) is 0 Å². The molecular formula is C18H26N2O3S. The molecule has 1 aromatic rings. The molecule has 0 radical (unpaired) electrons. The minimum Gasteiger partial charge on any atom is -0.359 e. The van der Waals surface area contributed by atoms with E-state index in [-0.39, 0.29) is 23.0 Å². The average molecular weight is 350 g/mol. The SMILES string of the molecule is CCS(=O)(=O)N1CCC2(CC1)C[C@@H](CC(=O)NC)c1ccccc12. The molecule has 0 aromatic heterocycles. The molecule has 1 heterocycles. The van der Waals surface area contributed by atoms with Crippen LogP contribution in [0.15, 0.2) is 24.3 Å². The zero-order valence-electron chi connectivity index (χ0n) is 14.4. The number of carbonyl (C=O) groups excluding carboxylic acids is 1. The van der Waals surface area contributed by atoms with Crippen LogP contribution in [0.25, 0.3) is 0 Å². The fourth-order valence-corrected chi connectivity index (χ4v) is 5.49. The van der Waals surface area contributed by atoms with Crippen molar-refractivity contribution in [3.8, 4) is 0 Å². The van der Waals surface area contributed by atoms with Gasteiger partial charge in [-0.25, -0.2) is 12.7 Å². The number of amides is 1. The average Bonchev–Trinajstić information content (AvgIpc) is 2.89. The molecule has 1 spiro atoms. The van der Waals surface area contributed by atoms with Crippen molar-refractivity contribution >= 4 is 15.9 Å². The zero-order valence-corrected chi connectivity index (χ0v) is 15.2. The second kappa shape index (κ2) is 6.48. The molecular weight excluding hydrogens is 324 g/mol. The Morgan fingerprint density at radius 2 is 1.96 bits per heavy atom. The summed E-state index contributed by atoms with van der Waals surface area (Å²) in [7, 11) is -1.44. The number of nitrogens with zero attached hydrogens (tertiary/aromatic N) is 1. The zero-order chi connectivity index (χ0) is 17.4. The van der Waals surface area contributed by atoms with E-state index in [4.69, 9.17) is 0 Å². The van der Waals surface area contributed by atoms with E-state index in [0.717, 1.165) is 19.3 Å². The first kappa shape index (κ1) is 17.4. The Labute approximate surface area is 144 Å². The first-order valence-corrected chi connectivity index (χ1v) is 10.3. The van der Waals surface area contributed by atoms with Gasteiger partial charge in [-0.2, -0.15) is 0 Å². The predicted molar refractivity (Wildman–Crippen MR) is 94.4 cm³/mol. The fourth-order valence-electron chi connectivity index (χ4n) is 4.38. The Morgan fingerprint density at radius 1 is 1.29 bits per heavy atom. The molecule has 1 aliphatic heterocycles. The Balaban J connectivity index is 1.84. The van der Waals surface area contributed by atoms with Gasteiger partial charge in [-0.1, -0.05) is 24.3 Å². The molecule has 5 nitrogen and oxygen atoms in total. The number of hydrogen-bond donors (Lipinski definition) is 1. The lowest BCUT2D eigenvalue weighted by Crippen LogP contribution is -2.44. The van der Waals surface area contributed by atoms with Crippen LogP contribution in [-0.4, -0.2) is 44.5 Å². The maximum absolute atomic E-state index is 12.1. The van der Waals surface area contributed by atoms with Crippen LogP contribution in [0.2, 0.25) is 0 Å². The van der Waals surface area contributed by atoms with Gasteiger partial charge in [-0.3, -0.25) is 4.79 Å². The van der Waals surface area contributed by atoms with Crippen molar-refractivity contribution in [2.24, 2.45) is 0 Å². The Hall–Kier alpha value is -1.40. The van der Waals surface area contributed by atoms with Crippen molar-refractivity contribution in [2.45, 2.75) is 43.9 Å². The van der Waals surface area contributed by atoms with Crippen molar-refractivity contribution in [1.29, 1.82) is 0 Å². The highest BCUT2D eigenvalue weighted by Gasteiger charge is 2.46. The number of nitrogens with one attached hydrogen (secondary N) is 1. The summed E-state index contributed by atoms with van der Waals surface area (Å²) in [6.07, 6.45) is 3.13. The van der Waals surface area contributed by atoms with E-state index in [1.807, 2.05) is 6.07 Å². The van der Waals surface area contributed by atoms with Gasteiger partial charge >= 0.3 is 0 Å². The molecule has 3 rings (SSSR count). The summed E-state index contributed by atoms with van der Waals surface area (Å²) < 4.78 is 25.9. The van der Waals surface area contributed by atoms with Gasteiger partial charge in [0.1, 0.15) is 0 Å². The second-order valence-electron chi connectivity index (χ2n) is 6.95. The Bertz CT molecular complexity index is 722. The molecule has 0 saturated carbocycles. The summed E-state index contributed by atoms with van der Waals surface area (Å²) in [5.41, 5.74) is 2.62. The number of piperidine rings is 1. The van der Waals surface area contributed by atoms with Gasteiger partial charge in [0.2, 0.25) is 15.9 Å². The molecule has 1 fully saturated rings. The van der Waals surface area contributed by atoms with Crippen molar-refractivity contribution in [2.75, 3.05) is 25.9 Å². The second-order valence-corrected chi connectivity index (χ2v) is 9.20. The third-order valence-electron chi connectivity index (χ3n) is 5.76. The summed E-state index contributed by atoms with van der Waals surface area (Å²) in [6, 6.07) is 8.39. The summed E-state index contributed by atoms with van der Waals surface area (Å²) in [5.74, 6) is 0.462. The summed E-state index contributed by atoms with van der Waals surface area (Å²) >= 11 is 0. The van der Waals surface area contributed by atoms with Gasteiger partial charge in [0.25, 0.3) is 0 Å².